The minimum Gasteiger partial charge on any atom is -0.248 e. The van der Waals surface area contributed by atoms with Gasteiger partial charge in [-0.25, -0.2) is 13.4 Å². The van der Waals surface area contributed by atoms with E-state index in [0.29, 0.717) is 4.34 Å². The summed E-state index contributed by atoms with van der Waals surface area (Å²) in [6, 6.07) is 3.09. The molecule has 17 heavy (non-hydrogen) atoms. The minimum absolute atomic E-state index is 0.251. The summed E-state index contributed by atoms with van der Waals surface area (Å²) in [5.41, 5.74) is 0. The van der Waals surface area contributed by atoms with Crippen LogP contribution in [0.1, 0.15) is 5.01 Å². The van der Waals surface area contributed by atoms with Gasteiger partial charge in [-0.3, -0.25) is 0 Å². The summed E-state index contributed by atoms with van der Waals surface area (Å²) in [5.74, 6) is 0. The first-order chi connectivity index (χ1) is 8.00. The van der Waals surface area contributed by atoms with Crippen LogP contribution in [0.25, 0.3) is 0 Å². The summed E-state index contributed by atoms with van der Waals surface area (Å²) in [4.78, 5) is 4.06. The van der Waals surface area contributed by atoms with Gasteiger partial charge in [-0.2, -0.15) is 4.31 Å². The van der Waals surface area contributed by atoms with Crippen molar-refractivity contribution < 1.29 is 8.42 Å². The van der Waals surface area contributed by atoms with Crippen LogP contribution in [0.2, 0.25) is 4.34 Å². The average molecular weight is 309 g/mol. The van der Waals surface area contributed by atoms with Crippen molar-refractivity contribution in [2.24, 2.45) is 0 Å². The number of halogens is 1. The van der Waals surface area contributed by atoms with Gasteiger partial charge in [0.25, 0.3) is 10.0 Å². The molecule has 0 saturated carbocycles. The Morgan fingerprint density at radius 1 is 1.47 bits per heavy atom. The second kappa shape index (κ2) is 5.03. The molecule has 92 valence electrons. The summed E-state index contributed by atoms with van der Waals surface area (Å²) >= 11 is 8.22. The van der Waals surface area contributed by atoms with E-state index >= 15 is 0 Å². The van der Waals surface area contributed by atoms with Crippen molar-refractivity contribution in [2.45, 2.75) is 10.8 Å². The first-order valence-corrected chi connectivity index (χ1v) is 8.11. The highest BCUT2D eigenvalue weighted by Crippen LogP contribution is 2.28. The molecule has 0 saturated heterocycles. The van der Waals surface area contributed by atoms with Gasteiger partial charge in [0.15, 0.2) is 0 Å². The average Bonchev–Trinajstić information content (AvgIpc) is 2.89. The van der Waals surface area contributed by atoms with Crippen molar-refractivity contribution in [3.63, 3.8) is 0 Å². The fourth-order valence-electron chi connectivity index (χ4n) is 1.20. The van der Waals surface area contributed by atoms with Crippen LogP contribution >= 0.6 is 34.3 Å². The van der Waals surface area contributed by atoms with Crippen molar-refractivity contribution in [1.82, 2.24) is 9.29 Å². The number of sulfonamides is 1. The lowest BCUT2D eigenvalue weighted by atomic mass is 10.7. The summed E-state index contributed by atoms with van der Waals surface area (Å²) in [6.07, 6.45) is 1.66. The summed E-state index contributed by atoms with van der Waals surface area (Å²) in [6.45, 7) is 0.273. The zero-order valence-corrected chi connectivity index (χ0v) is 12.0. The van der Waals surface area contributed by atoms with E-state index in [4.69, 9.17) is 11.6 Å². The summed E-state index contributed by atoms with van der Waals surface area (Å²) in [7, 11) is -1.93. The van der Waals surface area contributed by atoms with Gasteiger partial charge >= 0.3 is 0 Å². The number of rotatable bonds is 4. The van der Waals surface area contributed by atoms with Crippen molar-refractivity contribution in [2.75, 3.05) is 7.05 Å². The van der Waals surface area contributed by atoms with Gasteiger partial charge in [-0.15, -0.1) is 22.7 Å². The van der Waals surface area contributed by atoms with Crippen molar-refractivity contribution in [3.8, 4) is 0 Å². The van der Waals surface area contributed by atoms with Crippen LogP contribution in [0.4, 0.5) is 0 Å². The van der Waals surface area contributed by atoms with Gasteiger partial charge in [0.1, 0.15) is 9.22 Å². The minimum atomic E-state index is -3.46. The zero-order valence-electron chi connectivity index (χ0n) is 8.83. The Morgan fingerprint density at radius 2 is 2.24 bits per heavy atom. The molecular weight excluding hydrogens is 300 g/mol. The van der Waals surface area contributed by atoms with Crippen LogP contribution < -0.4 is 0 Å². The van der Waals surface area contributed by atoms with Crippen LogP contribution in [0, 0.1) is 0 Å². The SMILES string of the molecule is CN(Cc1nccs1)S(=O)(=O)c1ccc(Cl)s1. The molecule has 8 heteroatoms. The number of hydrogen-bond acceptors (Lipinski definition) is 5. The molecule has 0 aliphatic rings. The second-order valence-corrected chi connectivity index (χ2v) is 8.21. The van der Waals surface area contributed by atoms with Crippen molar-refractivity contribution in [3.05, 3.63) is 33.1 Å². The molecular formula is C9H9ClN2O2S3. The van der Waals surface area contributed by atoms with E-state index in [2.05, 4.69) is 4.98 Å². The number of nitrogens with zero attached hydrogens (tertiary/aromatic N) is 2. The van der Waals surface area contributed by atoms with Crippen LogP contribution in [0.15, 0.2) is 27.9 Å². The molecule has 2 aromatic rings. The Balaban J connectivity index is 2.21. The Hall–Kier alpha value is -0.470. The second-order valence-electron chi connectivity index (χ2n) is 3.25. The molecule has 4 nitrogen and oxygen atoms in total. The Morgan fingerprint density at radius 3 is 2.76 bits per heavy atom. The summed E-state index contributed by atoms with van der Waals surface area (Å²) < 4.78 is 26.2. The highest BCUT2D eigenvalue weighted by atomic mass is 35.5. The lowest BCUT2D eigenvalue weighted by Crippen LogP contribution is -2.25. The maximum Gasteiger partial charge on any atom is 0.252 e. The lowest BCUT2D eigenvalue weighted by Gasteiger charge is -2.14. The number of thiazole rings is 1. The largest absolute Gasteiger partial charge is 0.252 e. The molecule has 2 aromatic heterocycles. The third-order valence-electron chi connectivity index (χ3n) is 2.05. The summed E-state index contributed by atoms with van der Waals surface area (Å²) in [5, 5.41) is 2.58. The normalized spacial score (nSPS) is 12.2. The Labute approximate surface area is 113 Å². The van der Waals surface area contributed by atoms with Crippen LogP contribution in [0.5, 0.6) is 0 Å². The van der Waals surface area contributed by atoms with E-state index < -0.39 is 10.0 Å². The molecule has 0 atom stereocenters. The Kier molecular flexibility index (Phi) is 3.84. The molecule has 0 radical (unpaired) electrons. The third-order valence-corrected chi connectivity index (χ3v) is 6.32. The van der Waals surface area contributed by atoms with Gasteiger partial charge in [-0.05, 0) is 12.1 Å². The van der Waals surface area contributed by atoms with Gasteiger partial charge in [-0.1, -0.05) is 11.6 Å². The quantitative estimate of drug-likeness (QED) is 0.872. The predicted molar refractivity (Wildman–Crippen MR) is 70.1 cm³/mol. The van der Waals surface area contributed by atoms with Crippen LogP contribution in [-0.2, 0) is 16.6 Å². The third kappa shape index (κ3) is 2.86. The van der Waals surface area contributed by atoms with Gasteiger partial charge < -0.3 is 0 Å². The lowest BCUT2D eigenvalue weighted by molar-refractivity contribution is 0.467. The monoisotopic (exact) mass is 308 g/mol. The molecule has 0 spiro atoms. The molecule has 0 unspecified atom stereocenters. The highest BCUT2D eigenvalue weighted by molar-refractivity contribution is 7.91. The highest BCUT2D eigenvalue weighted by Gasteiger charge is 2.23. The van der Waals surface area contributed by atoms with Crippen LogP contribution in [-0.4, -0.2) is 24.8 Å². The van der Waals surface area contributed by atoms with E-state index in [-0.39, 0.29) is 10.8 Å². The van der Waals surface area contributed by atoms with Gasteiger partial charge in [0.2, 0.25) is 0 Å². The van der Waals surface area contributed by atoms with E-state index in [1.165, 1.54) is 28.8 Å². The van der Waals surface area contributed by atoms with Crippen molar-refractivity contribution in [1.29, 1.82) is 0 Å². The number of hydrogen-bond donors (Lipinski definition) is 0. The van der Waals surface area contributed by atoms with E-state index in [9.17, 15) is 8.42 Å². The molecule has 0 aromatic carbocycles. The molecule has 0 amide bonds. The molecule has 0 fully saturated rings. The molecule has 0 aliphatic carbocycles. The van der Waals surface area contributed by atoms with E-state index in [1.807, 2.05) is 5.38 Å². The van der Waals surface area contributed by atoms with Gasteiger partial charge in [0, 0.05) is 18.6 Å². The fourth-order valence-corrected chi connectivity index (χ4v) is 4.77. The topological polar surface area (TPSA) is 50.3 Å². The van der Waals surface area contributed by atoms with Gasteiger partial charge in [0.05, 0.1) is 10.9 Å². The first kappa shape index (κ1) is 13.0. The molecule has 2 heterocycles. The molecule has 0 N–H and O–H groups in total. The van der Waals surface area contributed by atoms with E-state index in [1.54, 1.807) is 12.3 Å². The predicted octanol–water partition coefficient (Wildman–Crippen LogP) is 2.68. The fraction of sp³-hybridized carbons (Fsp3) is 0.222. The number of aromatic nitrogens is 1. The smallest absolute Gasteiger partial charge is 0.248 e. The standard InChI is InChI=1S/C9H9ClN2O2S3/c1-12(6-8-11-4-5-15-8)17(13,14)9-3-2-7(10)16-9/h2-5H,6H2,1H3. The molecule has 0 bridgehead atoms. The maximum atomic E-state index is 12.1. The molecule has 2 rings (SSSR count). The van der Waals surface area contributed by atoms with E-state index in [0.717, 1.165) is 16.3 Å². The zero-order chi connectivity index (χ0) is 12.5. The van der Waals surface area contributed by atoms with Crippen LogP contribution in [0.3, 0.4) is 0 Å². The molecule has 0 aliphatic heterocycles. The Bertz CT molecular complexity index is 592. The number of thiophene rings is 1. The maximum absolute atomic E-state index is 12.1. The van der Waals surface area contributed by atoms with Crippen molar-refractivity contribution >= 4 is 44.3 Å². The first-order valence-electron chi connectivity index (χ1n) is 4.60.